The van der Waals surface area contributed by atoms with Gasteiger partial charge in [-0.05, 0) is 86.8 Å². The van der Waals surface area contributed by atoms with Gasteiger partial charge in [-0.3, -0.25) is 4.79 Å². The first kappa shape index (κ1) is 22.3. The summed E-state index contributed by atoms with van der Waals surface area (Å²) >= 11 is 0. The molecule has 3 nitrogen and oxygen atoms in total. The Morgan fingerprint density at radius 1 is 1.10 bits per heavy atom. The predicted molar refractivity (Wildman–Crippen MR) is 116 cm³/mol. The molecule has 3 rings (SSSR count). The third-order valence-electron chi connectivity index (χ3n) is 6.65. The summed E-state index contributed by atoms with van der Waals surface area (Å²) in [6.07, 6.45) is 13.3. The van der Waals surface area contributed by atoms with Gasteiger partial charge in [0, 0.05) is 0 Å². The molecule has 0 aliphatic heterocycles. The van der Waals surface area contributed by atoms with E-state index in [1.54, 1.807) is 6.08 Å². The number of allylic oxidation sites excluding steroid dienone is 4. The number of esters is 1. The van der Waals surface area contributed by atoms with Crippen molar-refractivity contribution in [1.82, 2.24) is 0 Å². The molecule has 0 bridgehead atoms. The van der Waals surface area contributed by atoms with Crippen molar-refractivity contribution in [2.45, 2.75) is 76.7 Å². The minimum absolute atomic E-state index is 0.00727. The Bertz CT molecular complexity index is 789. The highest BCUT2D eigenvalue weighted by Gasteiger charge is 2.30. The molecule has 0 atom stereocenters. The molecule has 160 valence electrons. The molecular weight excluding hydrogens is 377 g/mol. The fourth-order valence-corrected chi connectivity index (χ4v) is 4.68. The quantitative estimate of drug-likeness (QED) is 0.304. The molecule has 0 saturated heterocycles. The normalized spacial score (nSPS) is 27.6. The number of rotatable bonds is 6. The highest BCUT2D eigenvalue weighted by molar-refractivity contribution is 5.72. The zero-order valence-corrected chi connectivity index (χ0v) is 17.9. The van der Waals surface area contributed by atoms with Gasteiger partial charge < -0.3 is 4.74 Å². The number of halogens is 1. The molecule has 2 aliphatic carbocycles. The minimum Gasteiger partial charge on any atom is -0.462 e. The lowest BCUT2D eigenvalue weighted by Crippen LogP contribution is -2.29. The molecule has 0 amide bonds. The van der Waals surface area contributed by atoms with Crippen molar-refractivity contribution >= 4 is 5.97 Å². The predicted octanol–water partition coefficient (Wildman–Crippen LogP) is 6.56. The van der Waals surface area contributed by atoms with Gasteiger partial charge in [0.2, 0.25) is 0 Å². The summed E-state index contributed by atoms with van der Waals surface area (Å²) in [5, 5.41) is 8.41. The molecule has 2 saturated carbocycles. The third-order valence-corrected chi connectivity index (χ3v) is 6.65. The van der Waals surface area contributed by atoms with Crippen LogP contribution in [0.3, 0.4) is 0 Å². The summed E-state index contributed by atoms with van der Waals surface area (Å²) in [7, 11) is 0. The van der Waals surface area contributed by atoms with Crippen LogP contribution in [0.4, 0.5) is 4.39 Å². The third kappa shape index (κ3) is 6.29. The molecule has 0 N–H and O–H groups in total. The second kappa shape index (κ2) is 11.1. The summed E-state index contributed by atoms with van der Waals surface area (Å²) in [6, 6.07) is 10.4. The second-order valence-electron chi connectivity index (χ2n) is 8.63. The van der Waals surface area contributed by atoms with Crippen LogP contribution in [0.15, 0.2) is 48.3 Å². The van der Waals surface area contributed by atoms with Gasteiger partial charge in [-0.1, -0.05) is 43.3 Å². The largest absolute Gasteiger partial charge is 0.462 e. The Hall–Kier alpha value is -2.41. The van der Waals surface area contributed by atoms with Crippen molar-refractivity contribution in [1.29, 1.82) is 5.26 Å². The molecule has 0 unspecified atom stereocenters. The molecule has 1 aromatic carbocycles. The lowest BCUT2D eigenvalue weighted by atomic mass is 9.78. The number of ether oxygens (including phenoxy) is 1. The van der Waals surface area contributed by atoms with E-state index in [4.69, 9.17) is 10.00 Å². The molecule has 4 heteroatoms. The number of carbonyl (C=O) groups is 1. The van der Waals surface area contributed by atoms with E-state index in [1.807, 2.05) is 6.08 Å². The summed E-state index contributed by atoms with van der Waals surface area (Å²) < 4.78 is 18.6. The van der Waals surface area contributed by atoms with Crippen LogP contribution in [0, 0.1) is 23.2 Å². The lowest BCUT2D eigenvalue weighted by molar-refractivity contribution is -0.157. The van der Waals surface area contributed by atoms with E-state index in [2.05, 4.69) is 31.2 Å². The monoisotopic (exact) mass is 409 g/mol. The number of nitriles is 1. The Kier molecular flexibility index (Phi) is 8.25. The van der Waals surface area contributed by atoms with Crippen molar-refractivity contribution in [3.8, 4) is 6.07 Å². The average molecular weight is 410 g/mol. The Labute approximate surface area is 179 Å². The van der Waals surface area contributed by atoms with E-state index in [1.165, 1.54) is 23.3 Å². The van der Waals surface area contributed by atoms with Crippen LogP contribution in [0.2, 0.25) is 0 Å². The van der Waals surface area contributed by atoms with E-state index >= 15 is 0 Å². The number of benzene rings is 1. The highest BCUT2D eigenvalue weighted by Crippen LogP contribution is 2.37. The Morgan fingerprint density at radius 2 is 1.77 bits per heavy atom. The summed E-state index contributed by atoms with van der Waals surface area (Å²) in [6.45, 7) is 2.17. The zero-order chi connectivity index (χ0) is 21.3. The van der Waals surface area contributed by atoms with Gasteiger partial charge in [0.1, 0.15) is 12.2 Å². The van der Waals surface area contributed by atoms with E-state index in [0.29, 0.717) is 11.8 Å². The Morgan fingerprint density at radius 3 is 2.37 bits per heavy atom. The van der Waals surface area contributed by atoms with Gasteiger partial charge in [0.25, 0.3) is 0 Å². The van der Waals surface area contributed by atoms with Crippen molar-refractivity contribution in [2.24, 2.45) is 11.8 Å². The number of hydrogen-bond donors (Lipinski definition) is 0. The number of nitrogens with zero attached hydrogens (tertiary/aromatic N) is 1. The molecule has 30 heavy (non-hydrogen) atoms. The molecule has 0 heterocycles. The van der Waals surface area contributed by atoms with E-state index in [-0.39, 0.29) is 18.0 Å². The van der Waals surface area contributed by atoms with Crippen LogP contribution in [0.25, 0.3) is 0 Å². The fourth-order valence-electron chi connectivity index (χ4n) is 4.68. The van der Waals surface area contributed by atoms with Gasteiger partial charge in [-0.25, -0.2) is 0 Å². The first-order valence-electron chi connectivity index (χ1n) is 11.3. The van der Waals surface area contributed by atoms with E-state index in [0.717, 1.165) is 57.8 Å². The van der Waals surface area contributed by atoms with Gasteiger partial charge in [0.05, 0.1) is 5.92 Å². The standard InChI is InChI=1S/C26H32FNO2/c1-2-19-6-10-21(11-7-19)22-12-14-23(15-13-22)26(29)30-25-16-8-20(9-17-25)4-3-5-24(27)18-28/h3-7,10-11,20,22-23,25H,2,8-9,12-17H2,1H3. The first-order chi connectivity index (χ1) is 14.6. The van der Waals surface area contributed by atoms with E-state index in [9.17, 15) is 9.18 Å². The Balaban J connectivity index is 1.39. The molecule has 1 aromatic rings. The minimum atomic E-state index is -0.776. The molecule has 2 aliphatic rings. The van der Waals surface area contributed by atoms with Gasteiger partial charge in [-0.2, -0.15) is 9.65 Å². The second-order valence-corrected chi connectivity index (χ2v) is 8.63. The van der Waals surface area contributed by atoms with Gasteiger partial charge in [-0.15, -0.1) is 0 Å². The van der Waals surface area contributed by atoms with Crippen molar-refractivity contribution in [3.05, 3.63) is 59.4 Å². The molecule has 0 spiro atoms. The molecule has 0 aromatic heterocycles. The number of hydrogen-bond acceptors (Lipinski definition) is 3. The summed E-state index contributed by atoms with van der Waals surface area (Å²) in [5.74, 6) is 0.154. The maximum absolute atomic E-state index is 12.8. The molecule has 2 fully saturated rings. The van der Waals surface area contributed by atoms with Crippen LogP contribution >= 0.6 is 0 Å². The fraction of sp³-hybridized carbons (Fsp3) is 0.538. The van der Waals surface area contributed by atoms with Crippen molar-refractivity contribution in [3.63, 3.8) is 0 Å². The van der Waals surface area contributed by atoms with Gasteiger partial charge in [0.15, 0.2) is 5.83 Å². The van der Waals surface area contributed by atoms with Crippen LogP contribution in [-0.2, 0) is 16.0 Å². The maximum Gasteiger partial charge on any atom is 0.309 e. The van der Waals surface area contributed by atoms with Crippen LogP contribution in [0.5, 0.6) is 0 Å². The zero-order valence-electron chi connectivity index (χ0n) is 17.9. The maximum atomic E-state index is 12.8. The average Bonchev–Trinajstić information content (AvgIpc) is 2.80. The number of aryl methyl sites for hydroxylation is 1. The topological polar surface area (TPSA) is 50.1 Å². The summed E-state index contributed by atoms with van der Waals surface area (Å²) in [5.41, 5.74) is 2.77. The lowest BCUT2D eigenvalue weighted by Gasteiger charge is -2.31. The summed E-state index contributed by atoms with van der Waals surface area (Å²) in [4.78, 5) is 12.6. The highest BCUT2D eigenvalue weighted by atomic mass is 19.1. The van der Waals surface area contributed by atoms with Crippen molar-refractivity contribution in [2.75, 3.05) is 0 Å². The van der Waals surface area contributed by atoms with E-state index < -0.39 is 5.83 Å². The van der Waals surface area contributed by atoms with Crippen molar-refractivity contribution < 1.29 is 13.9 Å². The SMILES string of the molecule is CCc1ccc(C2CCC(C(=O)OC3CCC(C=CC=C(F)C#N)CC3)CC2)cc1. The smallest absolute Gasteiger partial charge is 0.309 e. The molecular formula is C26H32FNO2. The van der Waals surface area contributed by atoms with Crippen LogP contribution in [-0.4, -0.2) is 12.1 Å². The van der Waals surface area contributed by atoms with Crippen LogP contribution < -0.4 is 0 Å². The first-order valence-corrected chi connectivity index (χ1v) is 11.3. The number of carbonyl (C=O) groups excluding carboxylic acids is 1. The van der Waals surface area contributed by atoms with Gasteiger partial charge >= 0.3 is 5.97 Å². The molecule has 0 radical (unpaired) electrons. The van der Waals surface area contributed by atoms with Crippen LogP contribution in [0.1, 0.15) is 75.3 Å².